The first-order valence-corrected chi connectivity index (χ1v) is 14.7. The lowest BCUT2D eigenvalue weighted by molar-refractivity contribution is -0.123. The van der Waals surface area contributed by atoms with Crippen LogP contribution in [0.5, 0.6) is 0 Å². The molecule has 0 fully saturated rings. The quantitative estimate of drug-likeness (QED) is 0.113. The molecule has 33 heavy (non-hydrogen) atoms. The second-order valence-electron chi connectivity index (χ2n) is 10.2. The highest BCUT2D eigenvalue weighted by atomic mass is 16.3. The van der Waals surface area contributed by atoms with E-state index in [2.05, 4.69) is 19.2 Å². The number of unbranched alkanes of at least 4 members (excludes halogenated alkanes) is 19. The predicted octanol–water partition coefficient (Wildman–Crippen LogP) is 7.84. The van der Waals surface area contributed by atoms with Crippen LogP contribution in [-0.2, 0) is 4.79 Å². The molecular formula is C29H59NO3. The maximum absolute atomic E-state index is 12.1. The highest BCUT2D eigenvalue weighted by Crippen LogP contribution is 2.14. The van der Waals surface area contributed by atoms with Gasteiger partial charge in [0.2, 0.25) is 5.91 Å². The first-order valence-electron chi connectivity index (χ1n) is 14.7. The minimum atomic E-state index is -0.648. The number of carbonyl (C=O) groups is 1. The summed E-state index contributed by atoms with van der Waals surface area (Å²) in [5.41, 5.74) is 0. The molecule has 0 aromatic heterocycles. The maximum atomic E-state index is 12.1. The fraction of sp³-hybridized carbons (Fsp3) is 0.966. The monoisotopic (exact) mass is 469 g/mol. The van der Waals surface area contributed by atoms with Gasteiger partial charge in [0.05, 0.1) is 18.8 Å². The van der Waals surface area contributed by atoms with Gasteiger partial charge in [-0.3, -0.25) is 4.79 Å². The van der Waals surface area contributed by atoms with Gasteiger partial charge < -0.3 is 15.5 Å². The second kappa shape index (κ2) is 26.0. The van der Waals surface area contributed by atoms with Gasteiger partial charge in [-0.2, -0.15) is 0 Å². The van der Waals surface area contributed by atoms with E-state index in [0.29, 0.717) is 12.8 Å². The van der Waals surface area contributed by atoms with Crippen molar-refractivity contribution in [1.29, 1.82) is 0 Å². The molecule has 0 radical (unpaired) electrons. The fourth-order valence-corrected chi connectivity index (χ4v) is 4.53. The zero-order chi connectivity index (χ0) is 24.4. The third-order valence-corrected chi connectivity index (χ3v) is 6.87. The molecule has 0 saturated heterocycles. The van der Waals surface area contributed by atoms with E-state index in [0.717, 1.165) is 25.7 Å². The smallest absolute Gasteiger partial charge is 0.220 e. The SMILES string of the molecule is CCCCCCCCCCCCCCCC[C@@H](O)[C@H](CO)NC(=O)CCCCCCCCC. The van der Waals surface area contributed by atoms with Crippen molar-refractivity contribution in [2.45, 2.75) is 174 Å². The topological polar surface area (TPSA) is 69.6 Å². The molecule has 0 aromatic rings. The molecule has 4 heteroatoms. The van der Waals surface area contributed by atoms with E-state index in [-0.39, 0.29) is 12.5 Å². The molecule has 2 atom stereocenters. The Balaban J connectivity index is 3.56. The second-order valence-corrected chi connectivity index (χ2v) is 10.2. The largest absolute Gasteiger partial charge is 0.394 e. The number of hydrogen-bond acceptors (Lipinski definition) is 3. The van der Waals surface area contributed by atoms with Crippen molar-refractivity contribution in [2.75, 3.05) is 6.61 Å². The molecule has 0 aliphatic rings. The van der Waals surface area contributed by atoms with Crippen molar-refractivity contribution >= 4 is 5.91 Å². The fourth-order valence-electron chi connectivity index (χ4n) is 4.53. The summed E-state index contributed by atoms with van der Waals surface area (Å²) in [6.45, 7) is 4.30. The summed E-state index contributed by atoms with van der Waals surface area (Å²) in [6, 6.07) is -0.524. The molecule has 0 rings (SSSR count). The van der Waals surface area contributed by atoms with Crippen molar-refractivity contribution < 1.29 is 15.0 Å². The molecule has 1 amide bonds. The van der Waals surface area contributed by atoms with Gasteiger partial charge in [0.1, 0.15) is 0 Å². The van der Waals surface area contributed by atoms with Gasteiger partial charge in [0.15, 0.2) is 0 Å². The van der Waals surface area contributed by atoms with Crippen molar-refractivity contribution in [3.8, 4) is 0 Å². The lowest BCUT2D eigenvalue weighted by Crippen LogP contribution is -2.45. The van der Waals surface area contributed by atoms with Gasteiger partial charge in [0.25, 0.3) is 0 Å². The Kier molecular flexibility index (Phi) is 25.5. The van der Waals surface area contributed by atoms with Gasteiger partial charge in [-0.05, 0) is 12.8 Å². The molecule has 198 valence electrons. The van der Waals surface area contributed by atoms with Gasteiger partial charge in [-0.15, -0.1) is 0 Å². The van der Waals surface area contributed by atoms with Crippen molar-refractivity contribution in [3.05, 3.63) is 0 Å². The van der Waals surface area contributed by atoms with E-state index in [1.54, 1.807) is 0 Å². The Labute approximate surface area is 206 Å². The minimum Gasteiger partial charge on any atom is -0.394 e. The predicted molar refractivity (Wildman–Crippen MR) is 143 cm³/mol. The van der Waals surface area contributed by atoms with Crippen molar-refractivity contribution in [2.24, 2.45) is 0 Å². The molecule has 0 spiro atoms. The lowest BCUT2D eigenvalue weighted by atomic mass is 10.0. The van der Waals surface area contributed by atoms with Crippen LogP contribution in [0.25, 0.3) is 0 Å². The van der Waals surface area contributed by atoms with Crippen LogP contribution in [0.2, 0.25) is 0 Å². The van der Waals surface area contributed by atoms with Gasteiger partial charge >= 0.3 is 0 Å². The Morgan fingerprint density at radius 2 is 0.970 bits per heavy atom. The lowest BCUT2D eigenvalue weighted by Gasteiger charge is -2.22. The molecule has 0 unspecified atom stereocenters. The Morgan fingerprint density at radius 1 is 0.606 bits per heavy atom. The summed E-state index contributed by atoms with van der Waals surface area (Å²) < 4.78 is 0. The van der Waals surface area contributed by atoms with Crippen LogP contribution in [0.3, 0.4) is 0 Å². The van der Waals surface area contributed by atoms with Gasteiger partial charge in [0, 0.05) is 6.42 Å². The van der Waals surface area contributed by atoms with Crippen molar-refractivity contribution in [1.82, 2.24) is 5.32 Å². The van der Waals surface area contributed by atoms with Gasteiger partial charge in [-0.25, -0.2) is 0 Å². The van der Waals surface area contributed by atoms with Crippen LogP contribution in [0.4, 0.5) is 0 Å². The summed E-state index contributed by atoms with van der Waals surface area (Å²) in [5, 5.41) is 22.8. The first-order chi connectivity index (χ1) is 16.2. The first kappa shape index (κ1) is 32.4. The molecule has 0 heterocycles. The number of carbonyl (C=O) groups excluding carboxylic acids is 1. The number of aliphatic hydroxyl groups is 2. The summed E-state index contributed by atoms with van der Waals surface area (Å²) in [6.07, 6.45) is 27.2. The Bertz CT molecular complexity index is 402. The normalized spacial score (nSPS) is 13.2. The van der Waals surface area contributed by atoms with E-state index in [1.807, 2.05) is 0 Å². The zero-order valence-electron chi connectivity index (χ0n) is 22.4. The Morgan fingerprint density at radius 3 is 1.36 bits per heavy atom. The molecule has 0 aromatic carbocycles. The highest BCUT2D eigenvalue weighted by Gasteiger charge is 2.19. The van der Waals surface area contributed by atoms with Crippen LogP contribution in [-0.4, -0.2) is 34.9 Å². The van der Waals surface area contributed by atoms with Gasteiger partial charge in [-0.1, -0.05) is 142 Å². The number of hydrogen-bond donors (Lipinski definition) is 3. The van der Waals surface area contributed by atoms with E-state index in [4.69, 9.17) is 0 Å². The maximum Gasteiger partial charge on any atom is 0.220 e. The molecule has 4 nitrogen and oxygen atoms in total. The summed E-state index contributed by atoms with van der Waals surface area (Å²) in [5.74, 6) is -0.0392. The van der Waals surface area contributed by atoms with E-state index in [9.17, 15) is 15.0 Å². The van der Waals surface area contributed by atoms with Crippen LogP contribution in [0.15, 0.2) is 0 Å². The summed E-state index contributed by atoms with van der Waals surface area (Å²) in [7, 11) is 0. The van der Waals surface area contributed by atoms with Crippen LogP contribution in [0.1, 0.15) is 162 Å². The summed E-state index contributed by atoms with van der Waals surface area (Å²) >= 11 is 0. The van der Waals surface area contributed by atoms with E-state index in [1.165, 1.54) is 109 Å². The average molecular weight is 470 g/mol. The summed E-state index contributed by atoms with van der Waals surface area (Å²) in [4.78, 5) is 12.1. The molecule has 0 saturated carbocycles. The molecule has 0 aliphatic carbocycles. The standard InChI is InChI=1S/C29H59NO3/c1-3-5-7-9-11-12-13-14-15-16-17-19-20-22-24-28(32)27(26-31)30-29(33)25-23-21-18-10-8-6-4-2/h27-28,31-32H,3-26H2,1-2H3,(H,30,33)/t27-,28+/m0/s1. The number of aliphatic hydroxyl groups excluding tert-OH is 2. The van der Waals surface area contributed by atoms with Crippen LogP contribution < -0.4 is 5.32 Å². The van der Waals surface area contributed by atoms with Crippen molar-refractivity contribution in [3.63, 3.8) is 0 Å². The van der Waals surface area contributed by atoms with Crippen LogP contribution in [0, 0.1) is 0 Å². The zero-order valence-corrected chi connectivity index (χ0v) is 22.4. The number of nitrogens with one attached hydrogen (secondary N) is 1. The van der Waals surface area contributed by atoms with E-state index < -0.39 is 12.1 Å². The van der Waals surface area contributed by atoms with E-state index >= 15 is 0 Å². The highest BCUT2D eigenvalue weighted by molar-refractivity contribution is 5.76. The number of amides is 1. The van der Waals surface area contributed by atoms with Crippen LogP contribution >= 0.6 is 0 Å². The third kappa shape index (κ3) is 22.9. The third-order valence-electron chi connectivity index (χ3n) is 6.87. The molecule has 3 N–H and O–H groups in total. The minimum absolute atomic E-state index is 0.0392. The average Bonchev–Trinajstić information content (AvgIpc) is 2.82. The Hall–Kier alpha value is -0.610. The molecule has 0 aliphatic heterocycles. The number of rotatable bonds is 26. The molecular weight excluding hydrogens is 410 g/mol. The molecule has 0 bridgehead atoms.